The lowest BCUT2D eigenvalue weighted by atomic mass is 10.1. The van der Waals surface area contributed by atoms with Crippen molar-refractivity contribution in [3.63, 3.8) is 0 Å². The highest BCUT2D eigenvalue weighted by molar-refractivity contribution is 7.12. The third-order valence-corrected chi connectivity index (χ3v) is 5.05. The van der Waals surface area contributed by atoms with E-state index in [4.69, 9.17) is 9.47 Å². The van der Waals surface area contributed by atoms with Gasteiger partial charge in [0.25, 0.3) is 5.91 Å². The Morgan fingerprint density at radius 1 is 0.964 bits per heavy atom. The Balaban J connectivity index is 1.62. The first kappa shape index (κ1) is 19.6. The van der Waals surface area contributed by atoms with Crippen LogP contribution >= 0.6 is 11.3 Å². The highest BCUT2D eigenvalue weighted by Gasteiger charge is 2.21. The van der Waals surface area contributed by atoms with Gasteiger partial charge in [0.1, 0.15) is 19.0 Å². The minimum absolute atomic E-state index is 0.115. The van der Waals surface area contributed by atoms with Gasteiger partial charge in [-0.2, -0.15) is 0 Å². The second-order valence-corrected chi connectivity index (χ2v) is 7.06. The lowest BCUT2D eigenvalue weighted by Crippen LogP contribution is -2.27. The molecule has 144 valence electrons. The summed E-state index contributed by atoms with van der Waals surface area (Å²) in [4.78, 5) is 27.2. The SMILES string of the molecule is Cc1ccccc1OCCOC(=O)c1ccccc1N(C)C(=O)c1cccs1. The molecule has 1 heterocycles. The van der Waals surface area contributed by atoms with E-state index in [2.05, 4.69) is 0 Å². The molecule has 0 N–H and O–H groups in total. The van der Waals surface area contributed by atoms with Gasteiger partial charge in [-0.3, -0.25) is 4.79 Å². The van der Waals surface area contributed by atoms with Crippen LogP contribution in [-0.4, -0.2) is 32.1 Å². The van der Waals surface area contributed by atoms with Gasteiger partial charge in [0, 0.05) is 7.05 Å². The zero-order chi connectivity index (χ0) is 19.9. The molecule has 28 heavy (non-hydrogen) atoms. The molecule has 0 saturated carbocycles. The smallest absolute Gasteiger partial charge is 0.340 e. The number of hydrogen-bond acceptors (Lipinski definition) is 5. The predicted octanol–water partition coefficient (Wildman–Crippen LogP) is 4.57. The average Bonchev–Trinajstić information content (AvgIpc) is 3.26. The molecule has 5 nitrogen and oxygen atoms in total. The van der Waals surface area contributed by atoms with Gasteiger partial charge in [-0.1, -0.05) is 36.4 Å². The minimum Gasteiger partial charge on any atom is -0.490 e. The molecule has 1 amide bonds. The summed E-state index contributed by atoms with van der Waals surface area (Å²) >= 11 is 1.36. The maximum atomic E-state index is 12.6. The average molecular weight is 395 g/mol. The zero-order valence-electron chi connectivity index (χ0n) is 15.8. The van der Waals surface area contributed by atoms with Crippen LogP contribution in [0.5, 0.6) is 5.75 Å². The number of nitrogens with zero attached hydrogens (tertiary/aromatic N) is 1. The fraction of sp³-hybridized carbons (Fsp3) is 0.182. The first-order chi connectivity index (χ1) is 13.6. The Hall–Kier alpha value is -3.12. The molecule has 0 aliphatic carbocycles. The third-order valence-electron chi connectivity index (χ3n) is 4.19. The van der Waals surface area contributed by atoms with Crippen LogP contribution < -0.4 is 9.64 Å². The highest BCUT2D eigenvalue weighted by atomic mass is 32.1. The number of carbonyl (C=O) groups excluding carboxylic acids is 2. The van der Waals surface area contributed by atoms with E-state index in [1.54, 1.807) is 37.4 Å². The van der Waals surface area contributed by atoms with Gasteiger partial charge in [-0.25, -0.2) is 4.79 Å². The van der Waals surface area contributed by atoms with Crippen LogP contribution in [0.1, 0.15) is 25.6 Å². The number of anilines is 1. The van der Waals surface area contributed by atoms with E-state index in [-0.39, 0.29) is 19.1 Å². The van der Waals surface area contributed by atoms with Crippen LogP contribution in [-0.2, 0) is 4.74 Å². The summed E-state index contributed by atoms with van der Waals surface area (Å²) in [6, 6.07) is 18.1. The van der Waals surface area contributed by atoms with Gasteiger partial charge in [0.05, 0.1) is 16.1 Å². The molecule has 0 aliphatic heterocycles. The lowest BCUT2D eigenvalue weighted by molar-refractivity contribution is 0.0451. The Labute approximate surface area is 168 Å². The van der Waals surface area contributed by atoms with Gasteiger partial charge in [-0.15, -0.1) is 11.3 Å². The van der Waals surface area contributed by atoms with Crippen molar-refractivity contribution < 1.29 is 19.1 Å². The molecule has 6 heteroatoms. The second-order valence-electron chi connectivity index (χ2n) is 6.11. The molecule has 0 bridgehead atoms. The molecule has 0 spiro atoms. The molecule has 2 aromatic carbocycles. The number of aryl methyl sites for hydroxylation is 1. The summed E-state index contributed by atoms with van der Waals surface area (Å²) in [5.41, 5.74) is 1.87. The number of benzene rings is 2. The van der Waals surface area contributed by atoms with E-state index < -0.39 is 5.97 Å². The molecule has 0 fully saturated rings. The van der Waals surface area contributed by atoms with Crippen LogP contribution in [0.3, 0.4) is 0 Å². The zero-order valence-corrected chi connectivity index (χ0v) is 16.6. The van der Waals surface area contributed by atoms with Crippen molar-refractivity contribution in [3.8, 4) is 5.75 Å². The van der Waals surface area contributed by atoms with Gasteiger partial charge in [0.15, 0.2) is 0 Å². The van der Waals surface area contributed by atoms with Crippen LogP contribution in [0.15, 0.2) is 66.0 Å². The molecular weight excluding hydrogens is 374 g/mol. The van der Waals surface area contributed by atoms with E-state index in [9.17, 15) is 9.59 Å². The van der Waals surface area contributed by atoms with Crippen molar-refractivity contribution in [2.45, 2.75) is 6.92 Å². The van der Waals surface area contributed by atoms with Crippen molar-refractivity contribution in [1.29, 1.82) is 0 Å². The summed E-state index contributed by atoms with van der Waals surface area (Å²) in [7, 11) is 1.65. The number of rotatable bonds is 7. The molecule has 0 saturated heterocycles. The summed E-state index contributed by atoms with van der Waals surface area (Å²) in [6.07, 6.45) is 0. The normalized spacial score (nSPS) is 10.4. The lowest BCUT2D eigenvalue weighted by Gasteiger charge is -2.19. The van der Waals surface area contributed by atoms with E-state index in [0.717, 1.165) is 11.3 Å². The molecule has 0 aliphatic rings. The van der Waals surface area contributed by atoms with E-state index in [1.165, 1.54) is 16.2 Å². The van der Waals surface area contributed by atoms with Crippen molar-refractivity contribution >= 4 is 28.9 Å². The van der Waals surface area contributed by atoms with Crippen molar-refractivity contribution in [2.75, 3.05) is 25.2 Å². The van der Waals surface area contributed by atoms with Crippen molar-refractivity contribution in [3.05, 3.63) is 82.0 Å². The van der Waals surface area contributed by atoms with Gasteiger partial charge in [0.2, 0.25) is 0 Å². The monoisotopic (exact) mass is 395 g/mol. The van der Waals surface area contributed by atoms with Crippen LogP contribution in [0, 0.1) is 6.92 Å². The molecule has 1 aromatic heterocycles. The standard InChI is InChI=1S/C22H21NO4S/c1-16-8-3-6-11-19(16)26-13-14-27-22(25)17-9-4-5-10-18(17)23(2)21(24)20-12-7-15-28-20/h3-12,15H,13-14H2,1-2H3. The Bertz CT molecular complexity index is 953. The summed E-state index contributed by atoms with van der Waals surface area (Å²) in [5.74, 6) is 0.105. The Morgan fingerprint density at radius 2 is 1.71 bits per heavy atom. The van der Waals surface area contributed by atoms with E-state index in [1.807, 2.05) is 42.6 Å². The number of ether oxygens (including phenoxy) is 2. The van der Waals surface area contributed by atoms with Crippen molar-refractivity contribution in [1.82, 2.24) is 0 Å². The largest absolute Gasteiger partial charge is 0.490 e. The first-order valence-electron chi connectivity index (χ1n) is 8.84. The molecule has 3 rings (SSSR count). The highest BCUT2D eigenvalue weighted by Crippen LogP contribution is 2.23. The molecule has 0 radical (unpaired) electrons. The van der Waals surface area contributed by atoms with Gasteiger partial charge >= 0.3 is 5.97 Å². The maximum absolute atomic E-state index is 12.6. The number of carbonyl (C=O) groups is 2. The fourth-order valence-corrected chi connectivity index (χ4v) is 3.39. The number of esters is 1. The second kappa shape index (κ2) is 9.19. The van der Waals surface area contributed by atoms with E-state index >= 15 is 0 Å². The Morgan fingerprint density at radius 3 is 2.46 bits per heavy atom. The van der Waals surface area contributed by atoms with Crippen LogP contribution in [0.2, 0.25) is 0 Å². The predicted molar refractivity (Wildman–Crippen MR) is 110 cm³/mol. The molecule has 0 unspecified atom stereocenters. The molecular formula is C22H21NO4S. The van der Waals surface area contributed by atoms with Crippen molar-refractivity contribution in [2.24, 2.45) is 0 Å². The maximum Gasteiger partial charge on any atom is 0.340 e. The number of para-hydroxylation sites is 2. The summed E-state index contributed by atoms with van der Waals surface area (Å²) in [6.45, 7) is 2.32. The van der Waals surface area contributed by atoms with E-state index in [0.29, 0.717) is 16.1 Å². The summed E-state index contributed by atoms with van der Waals surface area (Å²) in [5, 5.41) is 1.84. The third kappa shape index (κ3) is 4.58. The Kier molecular flexibility index (Phi) is 6.45. The molecule has 0 atom stereocenters. The minimum atomic E-state index is -0.491. The molecule has 3 aromatic rings. The number of thiophene rings is 1. The fourth-order valence-electron chi connectivity index (χ4n) is 2.70. The van der Waals surface area contributed by atoms with Crippen LogP contribution in [0.4, 0.5) is 5.69 Å². The first-order valence-corrected chi connectivity index (χ1v) is 9.72. The topological polar surface area (TPSA) is 55.8 Å². The van der Waals surface area contributed by atoms with Crippen LogP contribution in [0.25, 0.3) is 0 Å². The number of hydrogen-bond donors (Lipinski definition) is 0. The van der Waals surface area contributed by atoms with Gasteiger partial charge < -0.3 is 14.4 Å². The number of amides is 1. The summed E-state index contributed by atoms with van der Waals surface area (Å²) < 4.78 is 11.0. The van der Waals surface area contributed by atoms with Gasteiger partial charge in [-0.05, 0) is 42.1 Å². The quantitative estimate of drug-likeness (QED) is 0.434.